The first-order valence-electron chi connectivity index (χ1n) is 19.6. The van der Waals surface area contributed by atoms with Crippen molar-refractivity contribution in [3.05, 3.63) is 149 Å². The highest BCUT2D eigenvalue weighted by molar-refractivity contribution is 6.11. The lowest BCUT2D eigenvalue weighted by atomic mass is 9.65. The molecule has 0 saturated carbocycles. The SMILES string of the molecule is [B]C/C(=C(O)\C(O)=C(\c1c(O)c(O)c(O)c(O)c1O)C(C)(C)O)N(c1ccc(C(=C)/C=C\C=C/C)cc1)c1cccc(C2(CC(C)(C)C)CC(C)(C)c3ccccc32)c1. The van der Waals surface area contributed by atoms with Gasteiger partial charge in [0.15, 0.2) is 23.0 Å². The zero-order chi connectivity index (χ0) is 43.8. The number of aliphatic hydroxyl groups is 3. The van der Waals surface area contributed by atoms with Crippen LogP contribution in [0.25, 0.3) is 11.1 Å². The Morgan fingerprint density at radius 1 is 0.763 bits per heavy atom. The number of nitrogens with zero attached hydrogens (tertiary/aromatic N) is 1. The Labute approximate surface area is 349 Å². The van der Waals surface area contributed by atoms with Crippen molar-refractivity contribution in [1.82, 2.24) is 0 Å². The van der Waals surface area contributed by atoms with Crippen LogP contribution in [-0.2, 0) is 10.8 Å². The molecule has 4 aromatic carbocycles. The monoisotopic (exact) mass is 797 g/mol. The predicted molar refractivity (Wildman–Crippen MR) is 238 cm³/mol. The molecule has 1 atom stereocenters. The Kier molecular flexibility index (Phi) is 12.2. The summed E-state index contributed by atoms with van der Waals surface area (Å²) < 4.78 is 0. The number of phenolic OH excluding ortho intramolecular Hbond substituents is 5. The number of aromatic hydroxyl groups is 5. The maximum Gasteiger partial charge on any atom is 0.208 e. The van der Waals surface area contributed by atoms with Gasteiger partial charge in [0.1, 0.15) is 0 Å². The fourth-order valence-corrected chi connectivity index (χ4v) is 8.65. The van der Waals surface area contributed by atoms with Gasteiger partial charge in [-0.05, 0) is 103 Å². The van der Waals surface area contributed by atoms with E-state index in [1.807, 2.05) is 67.6 Å². The molecule has 10 heteroatoms. The molecule has 8 N–H and O–H groups in total. The smallest absolute Gasteiger partial charge is 0.208 e. The second-order valence-electron chi connectivity index (χ2n) is 17.7. The van der Waals surface area contributed by atoms with Gasteiger partial charge in [0.25, 0.3) is 0 Å². The summed E-state index contributed by atoms with van der Waals surface area (Å²) in [5, 5.41) is 88.2. The van der Waals surface area contributed by atoms with Crippen molar-refractivity contribution < 1.29 is 40.9 Å². The fourth-order valence-electron chi connectivity index (χ4n) is 8.65. The van der Waals surface area contributed by atoms with Gasteiger partial charge in [-0.3, -0.25) is 0 Å². The maximum atomic E-state index is 12.2. The van der Waals surface area contributed by atoms with E-state index in [1.54, 1.807) is 4.90 Å². The molecule has 308 valence electrons. The van der Waals surface area contributed by atoms with Crippen LogP contribution in [0.3, 0.4) is 0 Å². The second kappa shape index (κ2) is 16.3. The summed E-state index contributed by atoms with van der Waals surface area (Å²) >= 11 is 0. The van der Waals surface area contributed by atoms with Crippen LogP contribution < -0.4 is 4.90 Å². The Hall–Kier alpha value is -6.00. The Morgan fingerprint density at radius 3 is 1.88 bits per heavy atom. The van der Waals surface area contributed by atoms with Crippen molar-refractivity contribution in [3.63, 3.8) is 0 Å². The van der Waals surface area contributed by atoms with E-state index < -0.39 is 62.4 Å². The summed E-state index contributed by atoms with van der Waals surface area (Å²) in [5.74, 6) is -7.91. The van der Waals surface area contributed by atoms with Gasteiger partial charge in [-0.1, -0.05) is 114 Å². The zero-order valence-corrected chi connectivity index (χ0v) is 35.2. The summed E-state index contributed by atoms with van der Waals surface area (Å²) in [7, 11) is 6.48. The van der Waals surface area contributed by atoms with E-state index in [0.717, 1.165) is 29.5 Å². The van der Waals surface area contributed by atoms with Crippen molar-refractivity contribution in [2.75, 3.05) is 4.90 Å². The Morgan fingerprint density at radius 2 is 1.34 bits per heavy atom. The zero-order valence-electron chi connectivity index (χ0n) is 35.2. The Balaban J connectivity index is 1.84. The average Bonchev–Trinajstić information content (AvgIpc) is 3.41. The number of rotatable bonds is 12. The van der Waals surface area contributed by atoms with E-state index in [4.69, 9.17) is 7.85 Å². The number of allylic oxidation sites excluding steroid dienone is 6. The highest BCUT2D eigenvalue weighted by atomic mass is 16.4. The quantitative estimate of drug-likeness (QED) is 0.0229. The third kappa shape index (κ3) is 8.46. The van der Waals surface area contributed by atoms with Gasteiger partial charge in [-0.2, -0.15) is 0 Å². The van der Waals surface area contributed by atoms with Gasteiger partial charge in [0.05, 0.1) is 24.7 Å². The third-order valence-electron chi connectivity index (χ3n) is 10.9. The first kappa shape index (κ1) is 44.1. The molecule has 9 nitrogen and oxygen atoms in total. The first-order valence-corrected chi connectivity index (χ1v) is 19.6. The third-order valence-corrected chi connectivity index (χ3v) is 10.9. The van der Waals surface area contributed by atoms with Gasteiger partial charge in [-0.25, -0.2) is 0 Å². The first-order chi connectivity index (χ1) is 27.5. The minimum atomic E-state index is -2.15. The van der Waals surface area contributed by atoms with Gasteiger partial charge in [0, 0.05) is 22.4 Å². The van der Waals surface area contributed by atoms with Crippen LogP contribution >= 0.6 is 0 Å². The normalized spacial score (nSPS) is 17.5. The molecule has 2 radical (unpaired) electrons. The molecule has 0 aromatic heterocycles. The molecule has 0 aliphatic heterocycles. The molecule has 0 spiro atoms. The van der Waals surface area contributed by atoms with Crippen molar-refractivity contribution >= 4 is 30.4 Å². The van der Waals surface area contributed by atoms with E-state index in [2.05, 4.69) is 77.6 Å². The minimum absolute atomic E-state index is 0.0517. The second-order valence-corrected chi connectivity index (χ2v) is 17.7. The number of phenols is 5. The van der Waals surface area contributed by atoms with Crippen molar-refractivity contribution in [2.45, 2.75) is 91.0 Å². The molecular weight excluding hydrogens is 741 g/mol. The average molecular weight is 798 g/mol. The van der Waals surface area contributed by atoms with Gasteiger partial charge in [0.2, 0.25) is 17.2 Å². The molecule has 0 fully saturated rings. The van der Waals surface area contributed by atoms with E-state index in [1.165, 1.54) is 25.0 Å². The summed E-state index contributed by atoms with van der Waals surface area (Å²) in [6.07, 6.45) is 8.85. The lowest BCUT2D eigenvalue weighted by molar-refractivity contribution is 0.138. The van der Waals surface area contributed by atoms with E-state index in [9.17, 15) is 40.9 Å². The van der Waals surface area contributed by atoms with Crippen molar-refractivity contribution in [2.24, 2.45) is 5.41 Å². The number of anilines is 2. The number of hydrogen-bond acceptors (Lipinski definition) is 9. The fraction of sp³-hybridized carbons (Fsp3) is 0.306. The molecule has 5 rings (SSSR count). The van der Waals surface area contributed by atoms with Gasteiger partial charge in [-0.15, -0.1) is 0 Å². The number of hydrogen-bond donors (Lipinski definition) is 8. The summed E-state index contributed by atoms with van der Waals surface area (Å²) in [5.41, 5.74) is 1.86. The molecule has 0 heterocycles. The van der Waals surface area contributed by atoms with Crippen LogP contribution in [0.1, 0.15) is 96.0 Å². The van der Waals surface area contributed by atoms with Gasteiger partial charge >= 0.3 is 0 Å². The van der Waals surface area contributed by atoms with Crippen LogP contribution in [-0.4, -0.2) is 54.3 Å². The summed E-state index contributed by atoms with van der Waals surface area (Å²) in [6, 6.07) is 23.9. The topological polar surface area (TPSA) is 165 Å². The molecule has 1 unspecified atom stereocenters. The molecule has 1 aliphatic rings. The lowest BCUT2D eigenvalue weighted by Gasteiger charge is -2.39. The van der Waals surface area contributed by atoms with E-state index in [0.29, 0.717) is 11.4 Å². The Bertz CT molecular complexity index is 2340. The molecule has 0 saturated heterocycles. The van der Waals surface area contributed by atoms with E-state index in [-0.39, 0.29) is 22.8 Å². The number of benzene rings is 4. The number of fused-ring (bicyclic) bond motifs is 1. The van der Waals surface area contributed by atoms with Crippen LogP contribution in [0.4, 0.5) is 11.4 Å². The predicted octanol–water partition coefficient (Wildman–Crippen LogP) is 11.0. The summed E-state index contributed by atoms with van der Waals surface area (Å²) in [6.45, 7) is 19.7. The minimum Gasteiger partial charge on any atom is -0.504 e. The standard InChI is InChI=1S/C49H56BNO8/c1-10-11-12-16-29(2)30-21-23-32(24-22-30)51(36(26-50)39(52)42(55)38(48(8,9)59)37-40(53)43(56)45(58)44(57)41(37)54)33-18-15-17-31(25-33)49(27-46(3,4)5)28-47(6,7)34-19-13-14-20-35(34)49/h10-25,52-59H,2,26-28H2,1,3-9H3/b11-10-,16-12-,39-36-,42-38+. The van der Waals surface area contributed by atoms with Crippen LogP contribution in [0.2, 0.25) is 6.32 Å². The molecule has 0 bridgehead atoms. The highest BCUT2D eigenvalue weighted by Crippen LogP contribution is 2.58. The molecule has 1 aliphatic carbocycles. The molecule has 59 heavy (non-hydrogen) atoms. The largest absolute Gasteiger partial charge is 0.504 e. The highest BCUT2D eigenvalue weighted by Gasteiger charge is 2.50. The molecule has 4 aromatic rings. The number of aliphatic hydroxyl groups excluding tert-OH is 2. The summed E-state index contributed by atoms with van der Waals surface area (Å²) in [4.78, 5) is 1.68. The maximum absolute atomic E-state index is 12.2. The van der Waals surface area contributed by atoms with Crippen LogP contribution in [0, 0.1) is 5.41 Å². The lowest BCUT2D eigenvalue weighted by Crippen LogP contribution is -2.32. The van der Waals surface area contributed by atoms with E-state index >= 15 is 0 Å². The van der Waals surface area contributed by atoms with Crippen LogP contribution in [0.15, 0.2) is 121 Å². The van der Waals surface area contributed by atoms with Gasteiger partial charge < -0.3 is 45.8 Å². The van der Waals surface area contributed by atoms with Crippen molar-refractivity contribution in [1.29, 1.82) is 0 Å². The van der Waals surface area contributed by atoms with Crippen molar-refractivity contribution in [3.8, 4) is 28.7 Å². The molecular formula is C49H56BNO8. The van der Waals surface area contributed by atoms with Crippen LogP contribution in [0.5, 0.6) is 28.7 Å². The molecule has 0 amide bonds.